The van der Waals surface area contributed by atoms with E-state index in [1.54, 1.807) is 0 Å². The number of carbonyl (C=O) groups is 2. The Labute approximate surface area is 133 Å². The Hall–Kier alpha value is -1.89. The molecule has 0 heterocycles. The number of alkyl halides is 3. The van der Waals surface area contributed by atoms with Crippen molar-refractivity contribution < 1.29 is 27.9 Å². The molecule has 0 aliphatic rings. The Bertz CT molecular complexity index is 484. The number of halogens is 3. The highest BCUT2D eigenvalue weighted by Crippen LogP contribution is 2.13. The summed E-state index contributed by atoms with van der Waals surface area (Å²) in [5.74, 6) is -2.51. The standard InChI is InChI=1S/C14H21NO.C2HF3O2/c1-2-3-4-5-6-14(16)13-9-7-12(11-15)8-10-13;3-2(4,5)1(6)7/h7-10H,2-6,11,15H2,1H3;(H,6,7). The van der Waals surface area contributed by atoms with Crippen LogP contribution in [0.2, 0.25) is 0 Å². The lowest BCUT2D eigenvalue weighted by Gasteiger charge is -2.02. The molecule has 130 valence electrons. The Kier molecular flexibility index (Phi) is 9.89. The molecule has 1 aromatic carbocycles. The van der Waals surface area contributed by atoms with Gasteiger partial charge in [0.25, 0.3) is 0 Å². The minimum Gasteiger partial charge on any atom is -0.475 e. The third kappa shape index (κ3) is 9.67. The number of rotatable bonds is 7. The zero-order valence-corrected chi connectivity index (χ0v) is 13.0. The van der Waals surface area contributed by atoms with Crippen LogP contribution in [0.25, 0.3) is 0 Å². The van der Waals surface area contributed by atoms with Gasteiger partial charge in [0.1, 0.15) is 0 Å². The van der Waals surface area contributed by atoms with Crippen LogP contribution < -0.4 is 5.73 Å². The van der Waals surface area contributed by atoms with Crippen LogP contribution >= 0.6 is 0 Å². The fourth-order valence-corrected chi connectivity index (χ4v) is 1.68. The van der Waals surface area contributed by atoms with Gasteiger partial charge in [0.2, 0.25) is 0 Å². The second kappa shape index (κ2) is 10.8. The average Bonchev–Trinajstić information content (AvgIpc) is 2.51. The van der Waals surface area contributed by atoms with Crippen molar-refractivity contribution in [3.8, 4) is 0 Å². The molecule has 3 N–H and O–H groups in total. The van der Waals surface area contributed by atoms with Crippen molar-refractivity contribution in [1.82, 2.24) is 0 Å². The average molecular weight is 333 g/mol. The summed E-state index contributed by atoms with van der Waals surface area (Å²) in [6.07, 6.45) is 0.176. The highest BCUT2D eigenvalue weighted by molar-refractivity contribution is 5.96. The maximum Gasteiger partial charge on any atom is 0.490 e. The molecule has 0 unspecified atom stereocenters. The Morgan fingerprint density at radius 3 is 2.00 bits per heavy atom. The van der Waals surface area contributed by atoms with E-state index in [1.165, 1.54) is 12.8 Å². The summed E-state index contributed by atoms with van der Waals surface area (Å²) in [6.45, 7) is 2.71. The van der Waals surface area contributed by atoms with E-state index in [-0.39, 0.29) is 5.78 Å². The van der Waals surface area contributed by atoms with E-state index in [0.29, 0.717) is 13.0 Å². The number of benzene rings is 1. The van der Waals surface area contributed by atoms with Gasteiger partial charge in [-0.1, -0.05) is 50.5 Å². The predicted octanol–water partition coefficient (Wildman–Crippen LogP) is 3.93. The van der Waals surface area contributed by atoms with Gasteiger partial charge in [0.05, 0.1) is 0 Å². The molecule has 0 atom stereocenters. The number of aliphatic carboxylic acids is 1. The van der Waals surface area contributed by atoms with Gasteiger partial charge in [-0.2, -0.15) is 13.2 Å². The highest BCUT2D eigenvalue weighted by atomic mass is 19.4. The minimum atomic E-state index is -5.08. The zero-order valence-electron chi connectivity index (χ0n) is 13.0. The lowest BCUT2D eigenvalue weighted by atomic mass is 10.0. The summed E-state index contributed by atoms with van der Waals surface area (Å²) in [5.41, 5.74) is 7.39. The maximum absolute atomic E-state index is 11.8. The number of hydrogen-bond donors (Lipinski definition) is 2. The van der Waals surface area contributed by atoms with Crippen LogP contribution in [0.3, 0.4) is 0 Å². The summed E-state index contributed by atoms with van der Waals surface area (Å²) >= 11 is 0. The Morgan fingerprint density at radius 2 is 1.61 bits per heavy atom. The van der Waals surface area contributed by atoms with Crippen LogP contribution in [0.1, 0.15) is 54.9 Å². The Balaban J connectivity index is 0.000000585. The second-order valence-electron chi connectivity index (χ2n) is 4.94. The SMILES string of the molecule is CCCCCCC(=O)c1ccc(CN)cc1.O=C(O)C(F)(F)F. The fourth-order valence-electron chi connectivity index (χ4n) is 1.68. The first-order valence-electron chi connectivity index (χ1n) is 7.34. The molecule has 0 radical (unpaired) electrons. The van der Waals surface area contributed by atoms with Gasteiger partial charge in [0.15, 0.2) is 5.78 Å². The topological polar surface area (TPSA) is 80.4 Å². The molecule has 0 amide bonds. The lowest BCUT2D eigenvalue weighted by molar-refractivity contribution is -0.192. The molecule has 0 aliphatic heterocycles. The monoisotopic (exact) mass is 333 g/mol. The van der Waals surface area contributed by atoms with Gasteiger partial charge in [-0.25, -0.2) is 4.79 Å². The molecular weight excluding hydrogens is 311 g/mol. The minimum absolute atomic E-state index is 0.250. The normalized spacial score (nSPS) is 10.7. The van der Waals surface area contributed by atoms with Crippen molar-refractivity contribution in [2.75, 3.05) is 0 Å². The molecule has 7 heteroatoms. The summed E-state index contributed by atoms with van der Waals surface area (Å²) in [5, 5.41) is 7.12. The molecule has 0 aromatic heterocycles. The summed E-state index contributed by atoms with van der Waals surface area (Å²) in [6, 6.07) is 7.62. The van der Waals surface area contributed by atoms with Crippen LogP contribution in [0.4, 0.5) is 13.2 Å². The number of hydrogen-bond acceptors (Lipinski definition) is 3. The summed E-state index contributed by atoms with van der Waals surface area (Å²) < 4.78 is 31.7. The Morgan fingerprint density at radius 1 is 1.09 bits per heavy atom. The van der Waals surface area contributed by atoms with Crippen LogP contribution in [0.5, 0.6) is 0 Å². The number of unbranched alkanes of at least 4 members (excludes halogenated alkanes) is 3. The quantitative estimate of drug-likeness (QED) is 0.585. The van der Waals surface area contributed by atoms with E-state index in [4.69, 9.17) is 15.6 Å². The van der Waals surface area contributed by atoms with Crippen molar-refractivity contribution in [2.24, 2.45) is 5.73 Å². The fraction of sp³-hybridized carbons (Fsp3) is 0.500. The van der Waals surface area contributed by atoms with Crippen LogP contribution in [-0.2, 0) is 11.3 Å². The number of nitrogens with two attached hydrogens (primary N) is 1. The maximum atomic E-state index is 11.8. The molecule has 1 aromatic rings. The van der Waals surface area contributed by atoms with Gasteiger partial charge < -0.3 is 10.8 Å². The summed E-state index contributed by atoms with van der Waals surface area (Å²) in [7, 11) is 0. The van der Waals surface area contributed by atoms with E-state index in [9.17, 15) is 18.0 Å². The molecule has 23 heavy (non-hydrogen) atoms. The number of Topliss-reactive ketones (excluding diaryl/α,β-unsaturated/α-hetero) is 1. The van der Waals surface area contributed by atoms with E-state index in [2.05, 4.69) is 6.92 Å². The summed E-state index contributed by atoms with van der Waals surface area (Å²) in [4.78, 5) is 20.7. The molecule has 0 spiro atoms. The van der Waals surface area contributed by atoms with Gasteiger partial charge >= 0.3 is 12.1 Å². The molecule has 4 nitrogen and oxygen atoms in total. The smallest absolute Gasteiger partial charge is 0.475 e. The number of carboxylic acid groups (broad SMARTS) is 1. The molecule has 0 saturated carbocycles. The van der Waals surface area contributed by atoms with E-state index in [0.717, 1.165) is 24.0 Å². The van der Waals surface area contributed by atoms with Gasteiger partial charge in [0, 0.05) is 18.5 Å². The van der Waals surface area contributed by atoms with E-state index in [1.807, 2.05) is 24.3 Å². The van der Waals surface area contributed by atoms with Crippen molar-refractivity contribution in [1.29, 1.82) is 0 Å². The van der Waals surface area contributed by atoms with E-state index >= 15 is 0 Å². The van der Waals surface area contributed by atoms with Crippen molar-refractivity contribution in [3.63, 3.8) is 0 Å². The number of carboxylic acids is 1. The van der Waals surface area contributed by atoms with Crippen LogP contribution in [0, 0.1) is 0 Å². The first-order chi connectivity index (χ1) is 10.7. The molecule has 0 bridgehead atoms. The van der Waals surface area contributed by atoms with Gasteiger partial charge in [-0.3, -0.25) is 4.79 Å². The van der Waals surface area contributed by atoms with E-state index < -0.39 is 12.1 Å². The third-order valence-electron chi connectivity index (χ3n) is 3.01. The first kappa shape index (κ1) is 21.1. The number of carbonyl (C=O) groups excluding carboxylic acids is 1. The largest absolute Gasteiger partial charge is 0.490 e. The molecule has 0 saturated heterocycles. The highest BCUT2D eigenvalue weighted by Gasteiger charge is 2.38. The van der Waals surface area contributed by atoms with Crippen molar-refractivity contribution in [2.45, 2.75) is 51.7 Å². The predicted molar refractivity (Wildman–Crippen MR) is 81.1 cm³/mol. The van der Waals surface area contributed by atoms with Crippen LogP contribution in [-0.4, -0.2) is 23.0 Å². The molecule has 0 fully saturated rings. The molecule has 1 rings (SSSR count). The zero-order chi connectivity index (χ0) is 17.9. The van der Waals surface area contributed by atoms with Gasteiger partial charge in [-0.15, -0.1) is 0 Å². The van der Waals surface area contributed by atoms with Crippen molar-refractivity contribution >= 4 is 11.8 Å². The van der Waals surface area contributed by atoms with Crippen molar-refractivity contribution in [3.05, 3.63) is 35.4 Å². The second-order valence-corrected chi connectivity index (χ2v) is 4.94. The molecule has 0 aliphatic carbocycles. The third-order valence-corrected chi connectivity index (χ3v) is 3.01. The first-order valence-corrected chi connectivity index (χ1v) is 7.34. The lowest BCUT2D eigenvalue weighted by Crippen LogP contribution is -2.21. The van der Waals surface area contributed by atoms with Crippen LogP contribution in [0.15, 0.2) is 24.3 Å². The van der Waals surface area contributed by atoms with Gasteiger partial charge in [-0.05, 0) is 12.0 Å². The molecular formula is C16H22F3NO3. The number of ketones is 1.